The summed E-state index contributed by atoms with van der Waals surface area (Å²) >= 11 is 4.71. The van der Waals surface area contributed by atoms with E-state index in [0.29, 0.717) is 29.8 Å². The maximum absolute atomic E-state index is 13.2. The number of carbonyl (C=O) groups excluding carboxylic acids is 2. The minimum Gasteiger partial charge on any atom is -0.373 e. The van der Waals surface area contributed by atoms with Crippen LogP contribution in [0, 0.1) is 5.82 Å². The molecule has 0 fully saturated rings. The molecule has 24 nitrogen and oxygen atoms in total. The molecule has 3 aromatic heterocycles. The van der Waals surface area contributed by atoms with Crippen LogP contribution in [0.3, 0.4) is 0 Å². The maximum Gasteiger partial charge on any atom is 0.245 e. The summed E-state index contributed by atoms with van der Waals surface area (Å²) < 4.78 is 103. The van der Waals surface area contributed by atoms with Crippen molar-refractivity contribution in [3.05, 3.63) is 67.5 Å². The van der Waals surface area contributed by atoms with Gasteiger partial charge in [0.25, 0.3) is 0 Å². The average Bonchev–Trinajstić information content (AvgIpc) is 4.17. The maximum atomic E-state index is 13.2. The second-order valence-corrected chi connectivity index (χ2v) is 22.8. The molecular weight excluding hydrogens is 1040 g/mol. The van der Waals surface area contributed by atoms with E-state index in [1.807, 2.05) is 30.9 Å². The van der Waals surface area contributed by atoms with Crippen molar-refractivity contribution >= 4 is 97.3 Å². The van der Waals surface area contributed by atoms with Crippen molar-refractivity contribution in [3.8, 4) is 0 Å². The smallest absolute Gasteiger partial charge is 0.245 e. The van der Waals surface area contributed by atoms with Crippen LogP contribution in [0.1, 0.15) is 39.5 Å². The second kappa shape index (κ2) is 29.0. The third kappa shape index (κ3) is 16.8. The van der Waals surface area contributed by atoms with Gasteiger partial charge in [-0.2, -0.15) is 0 Å². The summed E-state index contributed by atoms with van der Waals surface area (Å²) in [6.07, 6.45) is 7.01. The van der Waals surface area contributed by atoms with E-state index < -0.39 is 41.1 Å². The van der Waals surface area contributed by atoms with Gasteiger partial charge in [0, 0.05) is 83.1 Å². The fourth-order valence-corrected chi connectivity index (χ4v) is 8.90. The first-order valence-electron chi connectivity index (χ1n) is 22.2. The number of fused-ring (bicyclic) bond motifs is 3. The number of amides is 1. The van der Waals surface area contributed by atoms with Gasteiger partial charge in [0.15, 0.2) is 38.9 Å². The molecule has 0 radical (unpaired) electrons. The number of likely N-dealkylation sites (N-methyl/N-ethyl adjacent to an activating group) is 2. The topological polar surface area (TPSA) is 285 Å². The zero-order valence-electron chi connectivity index (χ0n) is 43.0. The number of anilines is 2. The van der Waals surface area contributed by atoms with Crippen LogP contribution in [0.4, 0.5) is 15.8 Å². The summed E-state index contributed by atoms with van der Waals surface area (Å²) in [6.45, 7) is 13.8. The molecule has 0 saturated heterocycles. The number of allylic oxidation sites excluding steroid dienone is 1. The van der Waals surface area contributed by atoms with Crippen molar-refractivity contribution in [1.29, 1.82) is 0 Å². The molecule has 3 aromatic carbocycles. The third-order valence-corrected chi connectivity index (χ3v) is 15.9. The first-order valence-corrected chi connectivity index (χ1v) is 26.9. The third-order valence-electron chi connectivity index (χ3n) is 10.3. The molecule has 3 heterocycles. The number of carbonyl (C=O) groups is 2. The normalized spacial score (nSPS) is 11.5. The summed E-state index contributed by atoms with van der Waals surface area (Å²) in [5.41, 5.74) is 2.44. The number of aromatic nitrogens is 6. The molecule has 0 spiro atoms. The Labute approximate surface area is 430 Å². The van der Waals surface area contributed by atoms with E-state index in [1.54, 1.807) is 25.2 Å². The lowest BCUT2D eigenvalue weighted by molar-refractivity contribution is -0.124. The number of sulfonamides is 3. The Balaban J connectivity index is 0.000000344. The SMILES string of the molecule is C=CC(=O)Cl.C=CC(=O)N(C)CCN(C)c1ccc(S(=O)(=O)N(C)C)c2nonc12.CCCCN(C)c1ccc(S(=O)(=O)N(C)C)c2nonc12.CCCCNC.CN(C)S(=O)(=O)c1ccc(F)c2nonc12. The predicted molar refractivity (Wildman–Crippen MR) is 277 cm³/mol. The fraction of sp³-hybridized carbons (Fsp3) is 0.455. The van der Waals surface area contributed by atoms with Crippen molar-refractivity contribution in [3.63, 3.8) is 0 Å². The highest BCUT2D eigenvalue weighted by molar-refractivity contribution is 7.89. The van der Waals surface area contributed by atoms with Crippen LogP contribution in [-0.4, -0.2) is 182 Å². The van der Waals surface area contributed by atoms with E-state index in [0.717, 1.165) is 62.7 Å². The van der Waals surface area contributed by atoms with Crippen LogP contribution in [0.5, 0.6) is 0 Å². The molecule has 6 aromatic rings. The van der Waals surface area contributed by atoms with E-state index in [2.05, 4.69) is 67.9 Å². The number of nitrogens with zero attached hydrogens (tertiary/aromatic N) is 12. The molecule has 0 bridgehead atoms. The van der Waals surface area contributed by atoms with Crippen LogP contribution in [0.2, 0.25) is 0 Å². The molecule has 6 rings (SSSR count). The van der Waals surface area contributed by atoms with Gasteiger partial charge in [-0.25, -0.2) is 56.4 Å². The highest BCUT2D eigenvalue weighted by Gasteiger charge is 2.28. The standard InChI is InChI=1S/C15H21N5O4S.C13H20N4O3S.C8H8FN3O3S.C5H13N.C3H3ClO/c1-6-13(21)20(5)10-9-19(4)11-7-8-12(25(22,23)18(2)3)15-14(11)16-24-17-15;1-5-6-9-17(4)10-7-8-11(21(18,19)16(2)3)13-12(10)14-20-15-13;1-12(2)16(13,14)6-4-3-5(9)7-8(6)11-15-10-7;1-3-4-5-6-2;1-2-3(4)5/h6-8H,1,9-10H2,2-5H3;7-8H,5-6,9H2,1-4H3;3-4H,1-2H3;6H,3-5H2,1-2H3;2H,1H2. The average molecular weight is 1100 g/mol. The van der Waals surface area contributed by atoms with Crippen LogP contribution in [-0.2, 0) is 39.7 Å². The molecule has 0 aliphatic carbocycles. The van der Waals surface area contributed by atoms with E-state index in [9.17, 15) is 39.2 Å². The summed E-state index contributed by atoms with van der Waals surface area (Å²) in [5, 5.41) is 24.5. The largest absolute Gasteiger partial charge is 0.373 e. The van der Waals surface area contributed by atoms with Gasteiger partial charge in [-0.05, 0) is 118 Å². The van der Waals surface area contributed by atoms with Crippen molar-refractivity contribution in [1.82, 2.24) is 54.1 Å². The first-order chi connectivity index (χ1) is 34.2. The molecule has 0 aliphatic heterocycles. The quantitative estimate of drug-likeness (QED) is 0.0646. The molecule has 1 amide bonds. The van der Waals surface area contributed by atoms with E-state index in [4.69, 9.17) is 20.9 Å². The Kier molecular flexibility index (Phi) is 25.1. The fourth-order valence-electron chi connectivity index (χ4n) is 5.86. The van der Waals surface area contributed by atoms with Gasteiger partial charge in [0.1, 0.15) is 14.7 Å². The highest BCUT2D eigenvalue weighted by atomic mass is 35.5. The van der Waals surface area contributed by atoms with Gasteiger partial charge in [-0.3, -0.25) is 9.59 Å². The van der Waals surface area contributed by atoms with Crippen LogP contribution >= 0.6 is 11.6 Å². The number of hydrogen-bond acceptors (Lipinski definition) is 20. The highest BCUT2D eigenvalue weighted by Crippen LogP contribution is 2.32. The Morgan fingerprint density at radius 1 is 0.575 bits per heavy atom. The van der Waals surface area contributed by atoms with Gasteiger partial charge >= 0.3 is 0 Å². The lowest BCUT2D eigenvalue weighted by atomic mass is 10.2. The number of unbranched alkanes of at least 4 members (excludes halogenated alkanes) is 2. The first kappa shape index (κ1) is 63.1. The minimum atomic E-state index is -3.69. The number of nitrogens with one attached hydrogen (secondary N) is 1. The van der Waals surface area contributed by atoms with Crippen LogP contribution < -0.4 is 15.1 Å². The summed E-state index contributed by atoms with van der Waals surface area (Å²) in [4.78, 5) is 26.4. The zero-order chi connectivity index (χ0) is 55.4. The molecule has 1 N–H and O–H groups in total. The van der Waals surface area contributed by atoms with E-state index >= 15 is 0 Å². The molecule has 0 aliphatic rings. The van der Waals surface area contributed by atoms with Crippen LogP contribution in [0.25, 0.3) is 33.1 Å². The van der Waals surface area contributed by atoms with Gasteiger partial charge in [-0.15, -0.1) is 0 Å². The molecule has 29 heteroatoms. The number of benzene rings is 3. The molecular formula is C44H65ClFN13O11S3. The zero-order valence-corrected chi connectivity index (χ0v) is 46.2. The van der Waals surface area contributed by atoms with Gasteiger partial charge in [0.2, 0.25) is 41.2 Å². The summed E-state index contributed by atoms with van der Waals surface area (Å²) in [6, 6.07) is 8.59. The number of hydrogen-bond donors (Lipinski definition) is 1. The van der Waals surface area contributed by atoms with E-state index in [-0.39, 0.29) is 42.7 Å². The molecule has 0 unspecified atom stereocenters. The van der Waals surface area contributed by atoms with Gasteiger partial charge < -0.3 is 20.0 Å². The molecule has 0 atom stereocenters. The van der Waals surface area contributed by atoms with Crippen molar-refractivity contribution < 1.29 is 53.1 Å². The Hall–Kier alpha value is -6.01. The minimum absolute atomic E-state index is 0.0323. The van der Waals surface area contributed by atoms with E-state index in [1.165, 1.54) is 72.2 Å². The van der Waals surface area contributed by atoms with Crippen LogP contribution in [0.15, 0.2) is 90.3 Å². The second-order valence-electron chi connectivity index (χ2n) is 16.1. The van der Waals surface area contributed by atoms with Crippen molar-refractivity contribution in [2.75, 3.05) is 106 Å². The van der Waals surface area contributed by atoms with Gasteiger partial charge in [0.05, 0.1) is 11.4 Å². The molecule has 73 heavy (non-hydrogen) atoms. The Morgan fingerprint density at radius 3 is 1.27 bits per heavy atom. The summed E-state index contributed by atoms with van der Waals surface area (Å²) in [7, 11) is 5.09. The summed E-state index contributed by atoms with van der Waals surface area (Å²) in [5.74, 6) is -0.844. The predicted octanol–water partition coefficient (Wildman–Crippen LogP) is 4.82. The monoisotopic (exact) mass is 1100 g/mol. The number of halogens is 2. The number of rotatable bonds is 19. The lowest BCUT2D eigenvalue weighted by Crippen LogP contribution is -2.34. The molecule has 0 saturated carbocycles. The Bertz CT molecular complexity index is 3110. The Morgan fingerprint density at radius 2 is 0.932 bits per heavy atom. The molecule has 404 valence electrons. The lowest BCUT2D eigenvalue weighted by Gasteiger charge is -2.23. The van der Waals surface area contributed by atoms with Crippen molar-refractivity contribution in [2.45, 2.75) is 54.2 Å². The van der Waals surface area contributed by atoms with Gasteiger partial charge in [-0.1, -0.05) is 39.8 Å². The van der Waals surface area contributed by atoms with Crippen molar-refractivity contribution in [2.24, 2.45) is 0 Å².